The molecule has 0 aliphatic heterocycles. The summed E-state index contributed by atoms with van der Waals surface area (Å²) in [6.07, 6.45) is 4.80. The number of unbranched alkanes of at least 4 members (excludes halogenated alkanes) is 3. The lowest BCUT2D eigenvalue weighted by Crippen LogP contribution is -2.36. The van der Waals surface area contributed by atoms with Gasteiger partial charge >= 0.3 is 0 Å². The van der Waals surface area contributed by atoms with Crippen molar-refractivity contribution in [1.82, 2.24) is 5.32 Å². The number of halogens is 1. The van der Waals surface area contributed by atoms with E-state index < -0.39 is 0 Å². The van der Waals surface area contributed by atoms with Gasteiger partial charge in [-0.05, 0) is 58.4 Å². The standard InChI is InChI=1S/C16H26ClNO/c1-16(2,3)18-11-6-4-5-7-12-19-15-10-8-9-14(17)13-15/h8-10,13,18H,4-7,11-12H2,1-3H3. The second kappa shape index (κ2) is 8.44. The zero-order valence-electron chi connectivity index (χ0n) is 12.3. The molecule has 0 saturated carbocycles. The van der Waals surface area contributed by atoms with Crippen LogP contribution in [0.3, 0.4) is 0 Å². The van der Waals surface area contributed by atoms with E-state index in [1.165, 1.54) is 19.3 Å². The van der Waals surface area contributed by atoms with Gasteiger partial charge in [-0.3, -0.25) is 0 Å². The Labute approximate surface area is 122 Å². The number of hydrogen-bond acceptors (Lipinski definition) is 2. The van der Waals surface area contributed by atoms with Gasteiger partial charge in [-0.25, -0.2) is 0 Å². The molecule has 0 atom stereocenters. The third-order valence-electron chi connectivity index (χ3n) is 2.79. The van der Waals surface area contributed by atoms with Crippen LogP contribution in [-0.2, 0) is 0 Å². The molecular formula is C16H26ClNO. The minimum Gasteiger partial charge on any atom is -0.494 e. The van der Waals surface area contributed by atoms with E-state index in [-0.39, 0.29) is 5.54 Å². The summed E-state index contributed by atoms with van der Waals surface area (Å²) in [6, 6.07) is 7.57. The van der Waals surface area contributed by atoms with Crippen LogP contribution in [0.1, 0.15) is 46.5 Å². The first kappa shape index (κ1) is 16.3. The SMILES string of the molecule is CC(C)(C)NCCCCCCOc1cccc(Cl)c1. The molecule has 1 aromatic carbocycles. The first-order valence-electron chi connectivity index (χ1n) is 7.11. The van der Waals surface area contributed by atoms with Crippen LogP contribution in [0.15, 0.2) is 24.3 Å². The predicted molar refractivity (Wildman–Crippen MR) is 83.2 cm³/mol. The smallest absolute Gasteiger partial charge is 0.120 e. The van der Waals surface area contributed by atoms with E-state index in [0.717, 1.165) is 30.3 Å². The van der Waals surface area contributed by atoms with Gasteiger partial charge in [0.2, 0.25) is 0 Å². The predicted octanol–water partition coefficient (Wildman–Crippen LogP) is 4.67. The fourth-order valence-electron chi connectivity index (χ4n) is 1.79. The van der Waals surface area contributed by atoms with Crippen molar-refractivity contribution in [2.24, 2.45) is 0 Å². The second-order valence-corrected chi connectivity index (χ2v) is 6.33. The molecule has 0 aromatic heterocycles. The second-order valence-electron chi connectivity index (χ2n) is 5.90. The van der Waals surface area contributed by atoms with Gasteiger partial charge in [-0.15, -0.1) is 0 Å². The van der Waals surface area contributed by atoms with Crippen molar-refractivity contribution in [3.8, 4) is 5.75 Å². The molecule has 0 aliphatic carbocycles. The molecule has 0 bridgehead atoms. The van der Waals surface area contributed by atoms with Gasteiger partial charge in [0, 0.05) is 10.6 Å². The molecule has 0 amide bonds. The van der Waals surface area contributed by atoms with E-state index in [0.29, 0.717) is 0 Å². The first-order valence-corrected chi connectivity index (χ1v) is 7.48. The lowest BCUT2D eigenvalue weighted by molar-refractivity contribution is 0.303. The molecule has 0 fully saturated rings. The summed E-state index contributed by atoms with van der Waals surface area (Å²) in [4.78, 5) is 0. The zero-order chi connectivity index (χ0) is 14.1. The molecule has 0 saturated heterocycles. The van der Waals surface area contributed by atoms with E-state index in [1.54, 1.807) is 0 Å². The van der Waals surface area contributed by atoms with Gasteiger partial charge in [-0.2, -0.15) is 0 Å². The van der Waals surface area contributed by atoms with Gasteiger partial charge in [-0.1, -0.05) is 30.5 Å². The van der Waals surface area contributed by atoms with Gasteiger partial charge in [0.05, 0.1) is 6.61 Å². The molecular weight excluding hydrogens is 258 g/mol. The summed E-state index contributed by atoms with van der Waals surface area (Å²) in [5, 5.41) is 4.23. The highest BCUT2D eigenvalue weighted by Gasteiger charge is 2.06. The number of ether oxygens (including phenoxy) is 1. The molecule has 19 heavy (non-hydrogen) atoms. The molecule has 0 aliphatic rings. The normalized spacial score (nSPS) is 11.6. The van der Waals surface area contributed by atoms with Gasteiger partial charge in [0.15, 0.2) is 0 Å². The number of benzene rings is 1. The number of hydrogen-bond donors (Lipinski definition) is 1. The van der Waals surface area contributed by atoms with Crippen molar-refractivity contribution in [2.75, 3.05) is 13.2 Å². The Morgan fingerprint density at radius 3 is 2.53 bits per heavy atom. The molecule has 1 rings (SSSR count). The number of nitrogens with one attached hydrogen (secondary N) is 1. The molecule has 3 heteroatoms. The highest BCUT2D eigenvalue weighted by Crippen LogP contribution is 2.17. The Kier molecular flexibility index (Phi) is 7.25. The van der Waals surface area contributed by atoms with Crippen LogP contribution in [-0.4, -0.2) is 18.7 Å². The topological polar surface area (TPSA) is 21.3 Å². The molecule has 0 radical (unpaired) electrons. The summed E-state index contributed by atoms with van der Waals surface area (Å²) in [7, 11) is 0. The number of rotatable bonds is 8. The Morgan fingerprint density at radius 2 is 1.84 bits per heavy atom. The van der Waals surface area contributed by atoms with E-state index in [2.05, 4.69) is 26.1 Å². The molecule has 108 valence electrons. The van der Waals surface area contributed by atoms with Crippen LogP contribution in [0.2, 0.25) is 5.02 Å². The van der Waals surface area contributed by atoms with E-state index in [9.17, 15) is 0 Å². The Hall–Kier alpha value is -0.730. The maximum Gasteiger partial charge on any atom is 0.120 e. The Morgan fingerprint density at radius 1 is 1.11 bits per heavy atom. The van der Waals surface area contributed by atoms with Crippen LogP contribution in [0.5, 0.6) is 5.75 Å². The average Bonchev–Trinajstić information content (AvgIpc) is 2.31. The minimum absolute atomic E-state index is 0.232. The van der Waals surface area contributed by atoms with Crippen molar-refractivity contribution in [3.63, 3.8) is 0 Å². The summed E-state index contributed by atoms with van der Waals surface area (Å²) in [5.41, 5.74) is 0.232. The molecule has 2 nitrogen and oxygen atoms in total. The van der Waals surface area contributed by atoms with Crippen molar-refractivity contribution in [2.45, 2.75) is 52.0 Å². The van der Waals surface area contributed by atoms with Gasteiger partial charge in [0.25, 0.3) is 0 Å². The minimum atomic E-state index is 0.232. The largest absolute Gasteiger partial charge is 0.494 e. The summed E-state index contributed by atoms with van der Waals surface area (Å²) in [6.45, 7) is 8.47. The Bertz CT molecular complexity index is 360. The lowest BCUT2D eigenvalue weighted by atomic mass is 10.1. The van der Waals surface area contributed by atoms with Crippen molar-refractivity contribution < 1.29 is 4.74 Å². The van der Waals surface area contributed by atoms with Crippen LogP contribution >= 0.6 is 11.6 Å². The molecule has 0 spiro atoms. The van der Waals surface area contributed by atoms with Gasteiger partial charge in [0.1, 0.15) is 5.75 Å². The maximum atomic E-state index is 5.89. The Balaban J connectivity index is 1.97. The highest BCUT2D eigenvalue weighted by atomic mass is 35.5. The van der Waals surface area contributed by atoms with Gasteiger partial charge < -0.3 is 10.1 Å². The molecule has 1 aromatic rings. The van der Waals surface area contributed by atoms with Crippen LogP contribution in [0, 0.1) is 0 Å². The monoisotopic (exact) mass is 283 g/mol. The highest BCUT2D eigenvalue weighted by molar-refractivity contribution is 6.30. The van der Waals surface area contributed by atoms with Crippen LogP contribution < -0.4 is 10.1 Å². The summed E-state index contributed by atoms with van der Waals surface area (Å²) < 4.78 is 5.65. The van der Waals surface area contributed by atoms with E-state index in [1.807, 2.05) is 24.3 Å². The van der Waals surface area contributed by atoms with Crippen molar-refractivity contribution in [1.29, 1.82) is 0 Å². The molecule has 0 unspecified atom stereocenters. The fraction of sp³-hybridized carbons (Fsp3) is 0.625. The van der Waals surface area contributed by atoms with E-state index >= 15 is 0 Å². The summed E-state index contributed by atoms with van der Waals surface area (Å²) >= 11 is 5.89. The quantitative estimate of drug-likeness (QED) is 0.700. The lowest BCUT2D eigenvalue weighted by Gasteiger charge is -2.20. The van der Waals surface area contributed by atoms with E-state index in [4.69, 9.17) is 16.3 Å². The summed E-state index contributed by atoms with van der Waals surface area (Å²) in [5.74, 6) is 0.863. The first-order chi connectivity index (χ1) is 8.97. The zero-order valence-corrected chi connectivity index (χ0v) is 13.1. The molecule has 0 heterocycles. The van der Waals surface area contributed by atoms with Crippen LogP contribution in [0.25, 0.3) is 0 Å². The third kappa shape index (κ3) is 8.90. The fourth-order valence-corrected chi connectivity index (χ4v) is 1.97. The maximum absolute atomic E-state index is 5.89. The van der Waals surface area contributed by atoms with Crippen molar-refractivity contribution >= 4 is 11.6 Å². The average molecular weight is 284 g/mol. The molecule has 1 N–H and O–H groups in total. The third-order valence-corrected chi connectivity index (χ3v) is 3.03. The van der Waals surface area contributed by atoms with Crippen molar-refractivity contribution in [3.05, 3.63) is 29.3 Å². The van der Waals surface area contributed by atoms with Crippen LogP contribution in [0.4, 0.5) is 0 Å².